The van der Waals surface area contributed by atoms with Crippen LogP contribution in [0.5, 0.6) is 0 Å². The number of H-pyrrole nitrogens is 1. The van der Waals surface area contributed by atoms with Gasteiger partial charge in [0.15, 0.2) is 0 Å². The van der Waals surface area contributed by atoms with Gasteiger partial charge in [0.25, 0.3) is 0 Å². The molecule has 0 unspecified atom stereocenters. The van der Waals surface area contributed by atoms with Crippen LogP contribution in [0.15, 0.2) is 18.6 Å². The molecule has 102 valence electrons. The first-order chi connectivity index (χ1) is 9.24. The van der Waals surface area contributed by atoms with Crippen LogP contribution in [0.1, 0.15) is 42.1 Å². The fourth-order valence-electron chi connectivity index (χ4n) is 2.99. The number of nitrogens with zero attached hydrogens (tertiary/aromatic N) is 4. The van der Waals surface area contributed by atoms with Crippen LogP contribution in [0, 0.1) is 6.92 Å². The van der Waals surface area contributed by atoms with Gasteiger partial charge in [-0.2, -0.15) is 10.2 Å². The standard InChI is InChI=1S/C14H21N5/c1-11-7-15-17-14(11)13-5-3-4-6-19(13)10-12-8-16-18(2)9-12/h7-9,13H,3-6,10H2,1-2H3,(H,15,17)/t13-/m0/s1. The molecule has 1 aliphatic heterocycles. The minimum atomic E-state index is 0.469. The Morgan fingerprint density at radius 1 is 1.37 bits per heavy atom. The lowest BCUT2D eigenvalue weighted by Crippen LogP contribution is -2.33. The van der Waals surface area contributed by atoms with E-state index in [0.717, 1.165) is 13.1 Å². The number of aromatic nitrogens is 4. The topological polar surface area (TPSA) is 49.7 Å². The fraction of sp³-hybridized carbons (Fsp3) is 0.571. The van der Waals surface area contributed by atoms with Crippen molar-refractivity contribution in [2.24, 2.45) is 7.05 Å². The molecular formula is C14H21N5. The van der Waals surface area contributed by atoms with E-state index < -0.39 is 0 Å². The van der Waals surface area contributed by atoms with Gasteiger partial charge in [-0.25, -0.2) is 0 Å². The summed E-state index contributed by atoms with van der Waals surface area (Å²) in [5.74, 6) is 0. The van der Waals surface area contributed by atoms with Crippen LogP contribution in [0.3, 0.4) is 0 Å². The summed E-state index contributed by atoms with van der Waals surface area (Å²) < 4.78 is 1.87. The van der Waals surface area contributed by atoms with Gasteiger partial charge in [0.2, 0.25) is 0 Å². The first-order valence-corrected chi connectivity index (χ1v) is 6.95. The fourth-order valence-corrected chi connectivity index (χ4v) is 2.99. The van der Waals surface area contributed by atoms with Crippen molar-refractivity contribution in [3.05, 3.63) is 35.4 Å². The number of likely N-dealkylation sites (tertiary alicyclic amines) is 1. The molecule has 5 nitrogen and oxygen atoms in total. The smallest absolute Gasteiger partial charge is 0.0553 e. The average Bonchev–Trinajstić information content (AvgIpc) is 2.99. The lowest BCUT2D eigenvalue weighted by molar-refractivity contribution is 0.136. The van der Waals surface area contributed by atoms with Crippen LogP contribution in [-0.4, -0.2) is 31.4 Å². The number of rotatable bonds is 3. The molecule has 0 spiro atoms. The Kier molecular flexibility index (Phi) is 3.38. The Morgan fingerprint density at radius 3 is 2.95 bits per heavy atom. The van der Waals surface area contributed by atoms with Gasteiger partial charge in [0.1, 0.15) is 0 Å². The lowest BCUT2D eigenvalue weighted by Gasteiger charge is -2.35. The zero-order valence-corrected chi connectivity index (χ0v) is 11.6. The van der Waals surface area contributed by atoms with Crippen LogP contribution >= 0.6 is 0 Å². The molecule has 0 amide bonds. The number of hydrogen-bond acceptors (Lipinski definition) is 3. The molecule has 0 radical (unpaired) electrons. The highest BCUT2D eigenvalue weighted by molar-refractivity contribution is 5.19. The van der Waals surface area contributed by atoms with Crippen molar-refractivity contribution in [3.8, 4) is 0 Å². The normalized spacial score (nSPS) is 20.8. The molecule has 0 saturated carbocycles. The van der Waals surface area contributed by atoms with E-state index in [4.69, 9.17) is 0 Å². The summed E-state index contributed by atoms with van der Waals surface area (Å²) in [4.78, 5) is 2.54. The van der Waals surface area contributed by atoms with Crippen molar-refractivity contribution in [3.63, 3.8) is 0 Å². The number of nitrogens with one attached hydrogen (secondary N) is 1. The molecule has 3 heterocycles. The van der Waals surface area contributed by atoms with Gasteiger partial charge >= 0.3 is 0 Å². The van der Waals surface area contributed by atoms with Gasteiger partial charge in [-0.15, -0.1) is 0 Å². The minimum absolute atomic E-state index is 0.469. The van der Waals surface area contributed by atoms with E-state index in [0.29, 0.717) is 6.04 Å². The Morgan fingerprint density at radius 2 is 2.26 bits per heavy atom. The van der Waals surface area contributed by atoms with E-state index in [1.54, 1.807) is 0 Å². The van der Waals surface area contributed by atoms with Crippen LogP contribution in [0.25, 0.3) is 0 Å². The summed E-state index contributed by atoms with van der Waals surface area (Å²) in [6.45, 7) is 4.25. The molecule has 1 aliphatic rings. The van der Waals surface area contributed by atoms with Crippen LogP contribution in [0.2, 0.25) is 0 Å². The van der Waals surface area contributed by atoms with Crippen molar-refractivity contribution in [2.45, 2.75) is 38.8 Å². The molecule has 2 aromatic heterocycles. The van der Waals surface area contributed by atoms with Crippen LogP contribution in [0.4, 0.5) is 0 Å². The quantitative estimate of drug-likeness (QED) is 0.919. The first-order valence-electron chi connectivity index (χ1n) is 6.95. The number of hydrogen-bond donors (Lipinski definition) is 1. The van der Waals surface area contributed by atoms with Crippen molar-refractivity contribution in [1.29, 1.82) is 0 Å². The maximum absolute atomic E-state index is 4.26. The largest absolute Gasteiger partial charge is 0.290 e. The third kappa shape index (κ3) is 2.56. The predicted octanol–water partition coefficient (Wildman–Crippen LogP) is 2.18. The highest BCUT2D eigenvalue weighted by Gasteiger charge is 2.26. The predicted molar refractivity (Wildman–Crippen MR) is 73.5 cm³/mol. The molecule has 0 aromatic carbocycles. The number of aromatic amines is 1. The van der Waals surface area contributed by atoms with Crippen LogP contribution in [-0.2, 0) is 13.6 Å². The molecule has 1 fully saturated rings. The Balaban J connectivity index is 1.79. The van der Waals surface area contributed by atoms with Crippen LogP contribution < -0.4 is 0 Å². The summed E-state index contributed by atoms with van der Waals surface area (Å²) >= 11 is 0. The SMILES string of the molecule is Cc1cn[nH]c1[C@@H]1CCCCN1Cc1cnn(C)c1. The lowest BCUT2D eigenvalue weighted by atomic mass is 9.97. The monoisotopic (exact) mass is 259 g/mol. The van der Waals surface area contributed by atoms with E-state index in [1.165, 1.54) is 36.1 Å². The number of piperidine rings is 1. The summed E-state index contributed by atoms with van der Waals surface area (Å²) in [5.41, 5.74) is 3.83. The summed E-state index contributed by atoms with van der Waals surface area (Å²) in [6.07, 6.45) is 9.78. The van der Waals surface area contributed by atoms with Gasteiger partial charge in [-0.05, 0) is 31.9 Å². The highest BCUT2D eigenvalue weighted by atomic mass is 15.3. The Hall–Kier alpha value is -1.62. The molecule has 1 saturated heterocycles. The van der Waals surface area contributed by atoms with Crippen molar-refractivity contribution >= 4 is 0 Å². The Labute approximate surface area is 113 Å². The van der Waals surface area contributed by atoms with E-state index in [2.05, 4.69) is 33.3 Å². The molecule has 2 aromatic rings. The molecule has 1 N–H and O–H groups in total. The van der Waals surface area contributed by atoms with Gasteiger partial charge in [-0.3, -0.25) is 14.7 Å². The maximum atomic E-state index is 4.26. The molecule has 0 bridgehead atoms. The maximum Gasteiger partial charge on any atom is 0.0553 e. The van der Waals surface area contributed by atoms with Gasteiger partial charge in [0.05, 0.1) is 24.1 Å². The molecule has 3 rings (SSSR count). The van der Waals surface area contributed by atoms with E-state index >= 15 is 0 Å². The molecule has 0 aliphatic carbocycles. The summed E-state index contributed by atoms with van der Waals surface area (Å²) in [6, 6.07) is 0.469. The zero-order valence-electron chi connectivity index (χ0n) is 11.6. The molecule has 19 heavy (non-hydrogen) atoms. The minimum Gasteiger partial charge on any atom is -0.290 e. The Bertz CT molecular complexity index is 542. The number of aryl methyl sites for hydroxylation is 2. The zero-order chi connectivity index (χ0) is 13.2. The van der Waals surface area contributed by atoms with E-state index in [-0.39, 0.29) is 0 Å². The molecular weight excluding hydrogens is 238 g/mol. The second-order valence-corrected chi connectivity index (χ2v) is 5.47. The van der Waals surface area contributed by atoms with E-state index in [9.17, 15) is 0 Å². The first kappa shape index (κ1) is 12.4. The van der Waals surface area contributed by atoms with Gasteiger partial charge in [0, 0.05) is 25.4 Å². The third-order valence-electron chi connectivity index (χ3n) is 3.96. The van der Waals surface area contributed by atoms with Gasteiger partial charge < -0.3 is 0 Å². The average molecular weight is 259 g/mol. The van der Waals surface area contributed by atoms with Gasteiger partial charge in [-0.1, -0.05) is 6.42 Å². The summed E-state index contributed by atoms with van der Waals surface area (Å²) in [5, 5.41) is 11.6. The second-order valence-electron chi connectivity index (χ2n) is 5.47. The summed E-state index contributed by atoms with van der Waals surface area (Å²) in [7, 11) is 1.97. The molecule has 5 heteroatoms. The van der Waals surface area contributed by atoms with E-state index in [1.807, 2.05) is 24.1 Å². The van der Waals surface area contributed by atoms with Crippen molar-refractivity contribution in [2.75, 3.05) is 6.54 Å². The van der Waals surface area contributed by atoms with Crippen molar-refractivity contribution < 1.29 is 0 Å². The highest BCUT2D eigenvalue weighted by Crippen LogP contribution is 2.32. The second kappa shape index (κ2) is 5.17. The molecule has 1 atom stereocenters. The third-order valence-corrected chi connectivity index (χ3v) is 3.96. The van der Waals surface area contributed by atoms with Crippen molar-refractivity contribution in [1.82, 2.24) is 24.9 Å².